The number of benzene rings is 6. The number of fused-ring (bicyclic) bond motifs is 7. The summed E-state index contributed by atoms with van der Waals surface area (Å²) < 4.78 is 6.73. The van der Waals surface area contributed by atoms with E-state index in [1.807, 2.05) is 0 Å². The minimum atomic E-state index is -0.00248. The van der Waals surface area contributed by atoms with E-state index in [1.165, 1.54) is 55.2 Å². The van der Waals surface area contributed by atoms with Crippen LogP contribution in [-0.2, 0) is 5.41 Å². The molecule has 9 rings (SSSR count). The average molecular weight is 580 g/mol. The molecule has 0 aliphatic heterocycles. The van der Waals surface area contributed by atoms with Crippen LogP contribution in [0.4, 0.5) is 11.4 Å². The highest BCUT2D eigenvalue weighted by Gasteiger charge is 2.40. The Labute approximate surface area is 263 Å². The maximum absolute atomic E-state index is 6.73. The Hall–Kier alpha value is -5.34. The van der Waals surface area contributed by atoms with E-state index in [0.29, 0.717) is 0 Å². The van der Waals surface area contributed by atoms with Crippen molar-refractivity contribution in [2.75, 3.05) is 4.90 Å². The smallest absolute Gasteiger partial charge is 0.137 e. The molecule has 2 nitrogen and oxygen atoms in total. The van der Waals surface area contributed by atoms with Crippen molar-refractivity contribution < 1.29 is 4.42 Å². The SMILES string of the molecule is CC1(C)C2=C(C=CC(N(c3ccccc3)c3ccc4c(c3)oc3cc(-c5ccccc5)c5ccccc5c34)C2)c2ccccc21. The van der Waals surface area contributed by atoms with Crippen LogP contribution in [0, 0.1) is 0 Å². The lowest BCUT2D eigenvalue weighted by molar-refractivity contribution is 0.585. The molecule has 0 saturated carbocycles. The summed E-state index contributed by atoms with van der Waals surface area (Å²) >= 11 is 0. The second kappa shape index (κ2) is 9.84. The number of para-hydroxylation sites is 1. The molecule has 216 valence electrons. The Kier molecular flexibility index (Phi) is 5.70. The van der Waals surface area contributed by atoms with Crippen molar-refractivity contribution in [2.45, 2.75) is 31.7 Å². The van der Waals surface area contributed by atoms with Crippen molar-refractivity contribution in [3.8, 4) is 11.1 Å². The van der Waals surface area contributed by atoms with Gasteiger partial charge in [0.15, 0.2) is 0 Å². The van der Waals surface area contributed by atoms with Gasteiger partial charge in [-0.2, -0.15) is 0 Å². The highest BCUT2D eigenvalue weighted by Crippen LogP contribution is 2.51. The first-order valence-corrected chi connectivity index (χ1v) is 15.9. The molecule has 0 bridgehead atoms. The van der Waals surface area contributed by atoms with Crippen LogP contribution in [-0.4, -0.2) is 6.04 Å². The van der Waals surface area contributed by atoms with Crippen LogP contribution in [0.1, 0.15) is 31.4 Å². The van der Waals surface area contributed by atoms with E-state index >= 15 is 0 Å². The van der Waals surface area contributed by atoms with Crippen LogP contribution in [0.15, 0.2) is 156 Å². The molecule has 6 aromatic carbocycles. The van der Waals surface area contributed by atoms with Gasteiger partial charge in [0.2, 0.25) is 0 Å². The molecule has 0 N–H and O–H groups in total. The van der Waals surface area contributed by atoms with Crippen LogP contribution in [0.3, 0.4) is 0 Å². The van der Waals surface area contributed by atoms with Gasteiger partial charge in [-0.1, -0.05) is 123 Å². The monoisotopic (exact) mass is 579 g/mol. The summed E-state index contributed by atoms with van der Waals surface area (Å²) in [5, 5.41) is 4.79. The van der Waals surface area contributed by atoms with Gasteiger partial charge in [-0.05, 0) is 80.9 Å². The number of hydrogen-bond acceptors (Lipinski definition) is 2. The number of anilines is 2. The second-order valence-corrected chi connectivity index (χ2v) is 12.9. The third-order valence-corrected chi connectivity index (χ3v) is 10.1. The first-order chi connectivity index (χ1) is 22.1. The summed E-state index contributed by atoms with van der Waals surface area (Å²) in [5.41, 5.74) is 12.2. The van der Waals surface area contributed by atoms with Gasteiger partial charge in [0.25, 0.3) is 0 Å². The molecule has 2 aliphatic carbocycles. The lowest BCUT2D eigenvalue weighted by Gasteiger charge is -2.37. The lowest BCUT2D eigenvalue weighted by atomic mass is 9.77. The molecule has 2 aliphatic rings. The highest BCUT2D eigenvalue weighted by atomic mass is 16.3. The molecule has 0 amide bonds. The molecule has 0 fully saturated rings. The molecule has 0 saturated heterocycles. The van der Waals surface area contributed by atoms with Crippen molar-refractivity contribution in [1.82, 2.24) is 0 Å². The normalized spacial score (nSPS) is 16.8. The highest BCUT2D eigenvalue weighted by molar-refractivity contribution is 6.22. The predicted molar refractivity (Wildman–Crippen MR) is 189 cm³/mol. The predicted octanol–water partition coefficient (Wildman–Crippen LogP) is 11.6. The molecule has 1 atom stereocenters. The molecule has 7 aromatic rings. The van der Waals surface area contributed by atoms with Gasteiger partial charge in [0.1, 0.15) is 11.2 Å². The van der Waals surface area contributed by atoms with Gasteiger partial charge in [-0.25, -0.2) is 0 Å². The minimum absolute atomic E-state index is 0.00248. The van der Waals surface area contributed by atoms with Gasteiger partial charge in [-0.15, -0.1) is 0 Å². The Morgan fingerprint density at radius 1 is 0.622 bits per heavy atom. The zero-order valence-corrected chi connectivity index (χ0v) is 25.5. The van der Waals surface area contributed by atoms with Crippen molar-refractivity contribution in [2.24, 2.45) is 0 Å². The fourth-order valence-electron chi connectivity index (χ4n) is 7.90. The Morgan fingerprint density at radius 3 is 2.16 bits per heavy atom. The lowest BCUT2D eigenvalue weighted by Crippen LogP contribution is -2.33. The fraction of sp³-hybridized carbons (Fsp3) is 0.116. The molecule has 0 spiro atoms. The summed E-state index contributed by atoms with van der Waals surface area (Å²) in [4.78, 5) is 2.49. The van der Waals surface area contributed by atoms with Crippen molar-refractivity contribution >= 4 is 49.7 Å². The summed E-state index contributed by atoms with van der Waals surface area (Å²) in [6, 6.07) is 48.2. The van der Waals surface area contributed by atoms with Gasteiger partial charge < -0.3 is 9.32 Å². The van der Waals surface area contributed by atoms with E-state index in [9.17, 15) is 0 Å². The molecule has 1 unspecified atom stereocenters. The third kappa shape index (κ3) is 3.95. The zero-order chi connectivity index (χ0) is 30.1. The largest absolute Gasteiger partial charge is 0.456 e. The molecule has 2 heteroatoms. The van der Waals surface area contributed by atoms with E-state index in [4.69, 9.17) is 4.42 Å². The summed E-state index contributed by atoms with van der Waals surface area (Å²) in [6.07, 6.45) is 5.72. The number of nitrogens with zero attached hydrogens (tertiary/aromatic N) is 1. The first-order valence-electron chi connectivity index (χ1n) is 15.9. The van der Waals surface area contributed by atoms with E-state index in [0.717, 1.165) is 28.7 Å². The Balaban J connectivity index is 1.19. The second-order valence-electron chi connectivity index (χ2n) is 12.9. The fourth-order valence-corrected chi connectivity index (χ4v) is 7.90. The van der Waals surface area contributed by atoms with Gasteiger partial charge >= 0.3 is 0 Å². The van der Waals surface area contributed by atoms with Crippen LogP contribution in [0.25, 0.3) is 49.4 Å². The molecular formula is C43H33NO. The molecular weight excluding hydrogens is 546 g/mol. The minimum Gasteiger partial charge on any atom is -0.456 e. The molecule has 45 heavy (non-hydrogen) atoms. The van der Waals surface area contributed by atoms with Gasteiger partial charge in [0.05, 0.1) is 6.04 Å². The van der Waals surface area contributed by atoms with E-state index in [-0.39, 0.29) is 11.5 Å². The maximum atomic E-state index is 6.73. The summed E-state index contributed by atoms with van der Waals surface area (Å²) in [7, 11) is 0. The van der Waals surface area contributed by atoms with Crippen molar-refractivity contribution in [1.29, 1.82) is 0 Å². The van der Waals surface area contributed by atoms with E-state index < -0.39 is 0 Å². The topological polar surface area (TPSA) is 16.4 Å². The Bertz CT molecular complexity index is 2320. The molecule has 1 heterocycles. The van der Waals surface area contributed by atoms with Gasteiger partial charge in [-0.3, -0.25) is 0 Å². The molecule has 1 aromatic heterocycles. The van der Waals surface area contributed by atoms with E-state index in [1.54, 1.807) is 0 Å². The molecule has 0 radical (unpaired) electrons. The standard InChI is InChI=1S/C43H33NO/c1-43(2)38-20-12-11-18-33(38)34-23-21-30(25-39(34)43)44(29-15-7-4-8-16-29)31-22-24-36-40(26-31)45-41-27-37(28-13-5-3-6-14-28)32-17-9-10-19-35(32)42(36)41/h3-24,26-27,30H,25H2,1-2H3. The number of furan rings is 1. The number of rotatable bonds is 4. The average Bonchev–Trinajstić information content (AvgIpc) is 3.57. The Morgan fingerprint density at radius 2 is 1.33 bits per heavy atom. The summed E-state index contributed by atoms with van der Waals surface area (Å²) in [6.45, 7) is 4.76. The first kappa shape index (κ1) is 26.1. The zero-order valence-electron chi connectivity index (χ0n) is 25.5. The van der Waals surface area contributed by atoms with Crippen molar-refractivity contribution in [3.05, 3.63) is 162 Å². The third-order valence-electron chi connectivity index (χ3n) is 10.1. The van der Waals surface area contributed by atoms with Crippen molar-refractivity contribution in [3.63, 3.8) is 0 Å². The van der Waals surface area contributed by atoms with Gasteiger partial charge in [0, 0.05) is 33.6 Å². The summed E-state index contributed by atoms with van der Waals surface area (Å²) in [5.74, 6) is 0. The van der Waals surface area contributed by atoms with Crippen LogP contribution in [0.5, 0.6) is 0 Å². The van der Waals surface area contributed by atoms with Crippen LogP contribution < -0.4 is 4.90 Å². The quantitative estimate of drug-likeness (QED) is 0.206. The maximum Gasteiger partial charge on any atom is 0.137 e. The van der Waals surface area contributed by atoms with E-state index in [2.05, 4.69) is 164 Å². The number of allylic oxidation sites excluding steroid dienone is 2. The van der Waals surface area contributed by atoms with Crippen LogP contribution in [0.2, 0.25) is 0 Å². The number of hydrogen-bond donors (Lipinski definition) is 0. The van der Waals surface area contributed by atoms with Crippen LogP contribution >= 0.6 is 0 Å².